The molecular weight excluding hydrogens is 215 g/mol. The van der Waals surface area contributed by atoms with Crippen LogP contribution in [0.15, 0.2) is 18.2 Å². The van der Waals surface area contributed by atoms with Gasteiger partial charge in [0.2, 0.25) is 0 Å². The fourth-order valence-electron chi connectivity index (χ4n) is 2.75. The zero-order valence-corrected chi connectivity index (χ0v) is 10.1. The van der Waals surface area contributed by atoms with Gasteiger partial charge in [-0.15, -0.1) is 0 Å². The summed E-state index contributed by atoms with van der Waals surface area (Å²) < 4.78 is 19.1. The lowest BCUT2D eigenvalue weighted by atomic mass is 10.1. The number of benzene rings is 1. The van der Waals surface area contributed by atoms with Crippen LogP contribution in [0.4, 0.5) is 4.39 Å². The fraction of sp³-hybridized carbons (Fsp3) is 0.600. The molecule has 2 saturated carbocycles. The molecule has 2 aliphatic carbocycles. The number of rotatable bonds is 4. The molecule has 17 heavy (non-hydrogen) atoms. The Hall–Kier alpha value is -1.05. The van der Waals surface area contributed by atoms with Crippen LogP contribution in [-0.2, 0) is 0 Å². The summed E-state index contributed by atoms with van der Waals surface area (Å²) in [5.41, 5.74) is 1.21. The first kappa shape index (κ1) is 11.1. The highest BCUT2D eigenvalue weighted by Gasteiger charge is 2.27. The van der Waals surface area contributed by atoms with Gasteiger partial charge >= 0.3 is 0 Å². The van der Waals surface area contributed by atoms with E-state index in [1.54, 1.807) is 12.1 Å². The normalized spacial score (nSPS) is 20.8. The monoisotopic (exact) mass is 234 g/mol. The molecule has 2 aliphatic rings. The molecule has 2 fully saturated rings. The van der Waals surface area contributed by atoms with Crippen LogP contribution in [-0.4, -0.2) is 6.61 Å². The van der Waals surface area contributed by atoms with E-state index in [2.05, 4.69) is 0 Å². The average Bonchev–Trinajstić information content (AvgIpc) is 3.03. The number of hydrogen-bond acceptors (Lipinski definition) is 1. The van der Waals surface area contributed by atoms with Crippen LogP contribution in [0.1, 0.15) is 50.0 Å². The Balaban J connectivity index is 1.69. The predicted octanol–water partition coefficient (Wildman–Crippen LogP) is 4.27. The summed E-state index contributed by atoms with van der Waals surface area (Å²) in [5, 5.41) is 0. The van der Waals surface area contributed by atoms with E-state index < -0.39 is 0 Å². The second-order valence-electron chi connectivity index (χ2n) is 5.42. The third kappa shape index (κ3) is 2.62. The van der Waals surface area contributed by atoms with Gasteiger partial charge in [-0.3, -0.25) is 0 Å². The van der Waals surface area contributed by atoms with Crippen molar-refractivity contribution in [3.05, 3.63) is 29.6 Å². The minimum Gasteiger partial charge on any atom is -0.493 e. The maximum absolute atomic E-state index is 13.3. The van der Waals surface area contributed by atoms with Crippen LogP contribution in [0.5, 0.6) is 5.75 Å². The Kier molecular flexibility index (Phi) is 3.04. The Labute approximate surface area is 102 Å². The Bertz CT molecular complexity index is 392. The van der Waals surface area contributed by atoms with Crippen LogP contribution in [0.25, 0.3) is 0 Å². The first-order chi connectivity index (χ1) is 8.33. The van der Waals surface area contributed by atoms with E-state index in [9.17, 15) is 4.39 Å². The molecule has 0 radical (unpaired) electrons. The highest BCUT2D eigenvalue weighted by molar-refractivity contribution is 5.39. The van der Waals surface area contributed by atoms with Crippen LogP contribution in [0, 0.1) is 11.7 Å². The number of hydrogen-bond donors (Lipinski definition) is 0. The summed E-state index contributed by atoms with van der Waals surface area (Å²) in [6.07, 6.45) is 7.65. The first-order valence-corrected chi connectivity index (χ1v) is 6.75. The van der Waals surface area contributed by atoms with Crippen molar-refractivity contribution in [3.63, 3.8) is 0 Å². The van der Waals surface area contributed by atoms with Gasteiger partial charge in [0, 0.05) is 6.07 Å². The van der Waals surface area contributed by atoms with Crippen molar-refractivity contribution in [2.45, 2.75) is 44.4 Å². The van der Waals surface area contributed by atoms with Crippen molar-refractivity contribution in [3.8, 4) is 5.75 Å². The summed E-state index contributed by atoms with van der Waals surface area (Å²) in [5.74, 6) is 1.91. The predicted molar refractivity (Wildman–Crippen MR) is 65.8 cm³/mol. The zero-order valence-electron chi connectivity index (χ0n) is 10.1. The molecule has 0 amide bonds. The van der Waals surface area contributed by atoms with E-state index in [1.807, 2.05) is 6.07 Å². The van der Waals surface area contributed by atoms with E-state index in [0.717, 1.165) is 12.4 Å². The molecule has 92 valence electrons. The van der Waals surface area contributed by atoms with Crippen LogP contribution in [0.3, 0.4) is 0 Å². The van der Waals surface area contributed by atoms with Crippen molar-refractivity contribution in [1.82, 2.24) is 0 Å². The molecule has 1 aromatic carbocycles. The smallest absolute Gasteiger partial charge is 0.126 e. The summed E-state index contributed by atoms with van der Waals surface area (Å²) in [6.45, 7) is 0.767. The second kappa shape index (κ2) is 4.67. The lowest BCUT2D eigenvalue weighted by molar-refractivity contribution is 0.249. The quantitative estimate of drug-likeness (QED) is 0.755. The largest absolute Gasteiger partial charge is 0.493 e. The minimum atomic E-state index is -0.184. The standard InChI is InChI=1S/C15H19FO/c16-13-7-8-14(12-5-6-12)15(9-13)17-10-11-3-1-2-4-11/h7-9,11-12H,1-6,10H2. The fourth-order valence-corrected chi connectivity index (χ4v) is 2.75. The van der Waals surface area contributed by atoms with E-state index in [-0.39, 0.29) is 5.82 Å². The van der Waals surface area contributed by atoms with Crippen molar-refractivity contribution < 1.29 is 9.13 Å². The first-order valence-electron chi connectivity index (χ1n) is 6.75. The number of halogens is 1. The summed E-state index contributed by atoms with van der Waals surface area (Å²) in [7, 11) is 0. The molecule has 3 rings (SSSR count). The molecule has 0 spiro atoms. The van der Waals surface area contributed by atoms with Crippen molar-refractivity contribution in [1.29, 1.82) is 0 Å². The van der Waals surface area contributed by atoms with Crippen LogP contribution >= 0.6 is 0 Å². The van der Waals surface area contributed by atoms with E-state index in [4.69, 9.17) is 4.74 Å². The summed E-state index contributed by atoms with van der Waals surface area (Å²) in [4.78, 5) is 0. The SMILES string of the molecule is Fc1ccc(C2CC2)c(OCC2CCCC2)c1. The maximum Gasteiger partial charge on any atom is 0.126 e. The Morgan fingerprint density at radius 2 is 1.88 bits per heavy atom. The number of ether oxygens (including phenoxy) is 1. The summed E-state index contributed by atoms with van der Waals surface area (Å²) in [6, 6.07) is 5.01. The van der Waals surface area contributed by atoms with Gasteiger partial charge in [0.1, 0.15) is 11.6 Å². The van der Waals surface area contributed by atoms with Crippen molar-refractivity contribution >= 4 is 0 Å². The van der Waals surface area contributed by atoms with Gasteiger partial charge in [0.25, 0.3) is 0 Å². The molecule has 1 nitrogen and oxygen atoms in total. The maximum atomic E-state index is 13.3. The van der Waals surface area contributed by atoms with E-state index >= 15 is 0 Å². The zero-order chi connectivity index (χ0) is 11.7. The van der Waals surface area contributed by atoms with E-state index in [0.29, 0.717) is 11.8 Å². The highest BCUT2D eigenvalue weighted by atomic mass is 19.1. The third-order valence-electron chi connectivity index (χ3n) is 3.94. The molecule has 0 unspecified atom stereocenters. The van der Waals surface area contributed by atoms with Gasteiger partial charge in [-0.05, 0) is 49.1 Å². The molecule has 0 bridgehead atoms. The molecule has 0 aliphatic heterocycles. The minimum absolute atomic E-state index is 0.184. The molecule has 0 saturated heterocycles. The Morgan fingerprint density at radius 3 is 2.59 bits per heavy atom. The van der Waals surface area contributed by atoms with Crippen molar-refractivity contribution in [2.75, 3.05) is 6.61 Å². The van der Waals surface area contributed by atoms with Gasteiger partial charge in [-0.25, -0.2) is 4.39 Å². The molecular formula is C15H19FO. The molecule has 0 N–H and O–H groups in total. The van der Waals surface area contributed by atoms with Crippen molar-refractivity contribution in [2.24, 2.45) is 5.92 Å². The second-order valence-corrected chi connectivity index (χ2v) is 5.42. The Morgan fingerprint density at radius 1 is 1.12 bits per heavy atom. The van der Waals surface area contributed by atoms with E-state index in [1.165, 1.54) is 44.1 Å². The molecule has 0 heterocycles. The van der Waals surface area contributed by atoms with Crippen LogP contribution < -0.4 is 4.74 Å². The van der Waals surface area contributed by atoms with Gasteiger partial charge in [0.15, 0.2) is 0 Å². The topological polar surface area (TPSA) is 9.23 Å². The van der Waals surface area contributed by atoms with Crippen LogP contribution in [0.2, 0.25) is 0 Å². The van der Waals surface area contributed by atoms with Gasteiger partial charge < -0.3 is 4.74 Å². The van der Waals surface area contributed by atoms with Gasteiger partial charge in [-0.1, -0.05) is 18.9 Å². The highest BCUT2D eigenvalue weighted by Crippen LogP contribution is 2.44. The lowest BCUT2D eigenvalue weighted by Crippen LogP contribution is -2.09. The molecule has 1 aromatic rings. The molecule has 2 heteroatoms. The summed E-state index contributed by atoms with van der Waals surface area (Å²) >= 11 is 0. The van der Waals surface area contributed by atoms with Gasteiger partial charge in [-0.2, -0.15) is 0 Å². The third-order valence-corrected chi connectivity index (χ3v) is 3.94. The average molecular weight is 234 g/mol. The molecule has 0 atom stereocenters. The van der Waals surface area contributed by atoms with Gasteiger partial charge in [0.05, 0.1) is 6.61 Å². The lowest BCUT2D eigenvalue weighted by Gasteiger charge is -2.14. The molecule has 0 aromatic heterocycles.